The van der Waals surface area contributed by atoms with Gasteiger partial charge in [-0.15, -0.1) is 24.0 Å². The van der Waals surface area contributed by atoms with Gasteiger partial charge < -0.3 is 15.5 Å². The van der Waals surface area contributed by atoms with Crippen LogP contribution in [0.2, 0.25) is 0 Å². The highest BCUT2D eigenvalue weighted by molar-refractivity contribution is 14.0. The van der Waals surface area contributed by atoms with E-state index in [2.05, 4.69) is 48.5 Å². The molecule has 2 N–H and O–H groups in total. The lowest BCUT2D eigenvalue weighted by molar-refractivity contribution is -0.131. The number of aliphatic imine (C=N–C) groups is 1. The highest BCUT2D eigenvalue weighted by atomic mass is 127. The SMILES string of the molecule is CN=C(NCCCC(=O)N1Cc2ccccc2C1)NC(C)C(C)C.I. The first-order chi connectivity index (χ1) is 11.5. The van der Waals surface area contributed by atoms with Crippen molar-refractivity contribution >= 4 is 35.8 Å². The minimum atomic E-state index is 0. The molecular formula is C19H31IN4O. The molecule has 140 valence electrons. The fourth-order valence-electron chi connectivity index (χ4n) is 2.69. The van der Waals surface area contributed by atoms with Crippen LogP contribution in [0.1, 0.15) is 44.7 Å². The van der Waals surface area contributed by atoms with E-state index in [-0.39, 0.29) is 29.9 Å². The van der Waals surface area contributed by atoms with E-state index < -0.39 is 0 Å². The zero-order chi connectivity index (χ0) is 17.5. The van der Waals surface area contributed by atoms with E-state index in [9.17, 15) is 4.79 Å². The van der Waals surface area contributed by atoms with Crippen molar-refractivity contribution < 1.29 is 4.79 Å². The second kappa shape index (κ2) is 10.6. The average molecular weight is 458 g/mol. The Morgan fingerprint density at radius 2 is 1.80 bits per heavy atom. The van der Waals surface area contributed by atoms with Gasteiger partial charge in [-0.1, -0.05) is 38.1 Å². The van der Waals surface area contributed by atoms with Crippen LogP contribution in [-0.2, 0) is 17.9 Å². The number of nitrogens with one attached hydrogen (secondary N) is 2. The summed E-state index contributed by atoms with van der Waals surface area (Å²) in [6, 6.07) is 8.65. The molecular weight excluding hydrogens is 427 g/mol. The number of hydrogen-bond donors (Lipinski definition) is 2. The standard InChI is InChI=1S/C19H30N4O.HI/c1-14(2)15(3)22-19(20-4)21-11-7-10-18(24)23-12-16-8-5-6-9-17(16)13-23;/h5-6,8-9,14-15H,7,10-13H2,1-4H3,(H2,20,21,22);1H. The number of hydrogen-bond acceptors (Lipinski definition) is 2. The van der Waals surface area contributed by atoms with Gasteiger partial charge in [0.05, 0.1) is 0 Å². The summed E-state index contributed by atoms with van der Waals surface area (Å²) in [4.78, 5) is 18.5. The van der Waals surface area contributed by atoms with Gasteiger partial charge in [0.2, 0.25) is 5.91 Å². The summed E-state index contributed by atoms with van der Waals surface area (Å²) < 4.78 is 0. The van der Waals surface area contributed by atoms with Crippen molar-refractivity contribution in [1.82, 2.24) is 15.5 Å². The molecule has 0 bridgehead atoms. The molecule has 0 spiro atoms. The van der Waals surface area contributed by atoms with Crippen LogP contribution in [0.4, 0.5) is 0 Å². The molecule has 25 heavy (non-hydrogen) atoms. The smallest absolute Gasteiger partial charge is 0.223 e. The molecule has 1 heterocycles. The average Bonchev–Trinajstić information content (AvgIpc) is 3.01. The fourth-order valence-corrected chi connectivity index (χ4v) is 2.69. The summed E-state index contributed by atoms with van der Waals surface area (Å²) in [7, 11) is 1.77. The Morgan fingerprint density at radius 3 is 2.32 bits per heavy atom. The third kappa shape index (κ3) is 6.49. The maximum absolute atomic E-state index is 12.3. The lowest BCUT2D eigenvalue weighted by Gasteiger charge is -2.21. The molecule has 1 unspecified atom stereocenters. The van der Waals surface area contributed by atoms with Gasteiger partial charge in [-0.05, 0) is 30.4 Å². The number of nitrogens with zero attached hydrogens (tertiary/aromatic N) is 2. The lowest BCUT2D eigenvalue weighted by atomic mass is 10.1. The topological polar surface area (TPSA) is 56.7 Å². The number of guanidine groups is 1. The summed E-state index contributed by atoms with van der Waals surface area (Å²) in [5, 5.41) is 6.65. The summed E-state index contributed by atoms with van der Waals surface area (Å²) in [5.41, 5.74) is 2.55. The summed E-state index contributed by atoms with van der Waals surface area (Å²) in [5.74, 6) is 1.57. The molecule has 1 aromatic carbocycles. The van der Waals surface area contributed by atoms with Crippen molar-refractivity contribution in [3.63, 3.8) is 0 Å². The van der Waals surface area contributed by atoms with Gasteiger partial charge in [0, 0.05) is 39.1 Å². The van der Waals surface area contributed by atoms with E-state index in [0.717, 1.165) is 32.0 Å². The molecule has 0 radical (unpaired) electrons. The van der Waals surface area contributed by atoms with E-state index in [1.54, 1.807) is 7.05 Å². The number of rotatable bonds is 6. The maximum atomic E-state index is 12.3. The van der Waals surface area contributed by atoms with Crippen LogP contribution in [0, 0.1) is 5.92 Å². The van der Waals surface area contributed by atoms with Crippen molar-refractivity contribution in [2.45, 2.75) is 52.7 Å². The molecule has 0 aromatic heterocycles. The highest BCUT2D eigenvalue weighted by Gasteiger charge is 2.22. The van der Waals surface area contributed by atoms with E-state index in [1.807, 2.05) is 17.0 Å². The van der Waals surface area contributed by atoms with Crippen molar-refractivity contribution in [3.8, 4) is 0 Å². The second-order valence-corrected chi connectivity index (χ2v) is 6.80. The third-order valence-corrected chi connectivity index (χ3v) is 4.64. The molecule has 0 fully saturated rings. The number of amides is 1. The van der Waals surface area contributed by atoms with Crippen LogP contribution in [0.25, 0.3) is 0 Å². The van der Waals surface area contributed by atoms with Crippen molar-refractivity contribution in [2.75, 3.05) is 13.6 Å². The number of benzene rings is 1. The summed E-state index contributed by atoms with van der Waals surface area (Å²) >= 11 is 0. The second-order valence-electron chi connectivity index (χ2n) is 6.80. The van der Waals surface area contributed by atoms with E-state index in [1.165, 1.54) is 11.1 Å². The largest absolute Gasteiger partial charge is 0.356 e. The number of carbonyl (C=O) groups is 1. The van der Waals surface area contributed by atoms with Crippen LogP contribution in [0.3, 0.4) is 0 Å². The van der Waals surface area contributed by atoms with Crippen molar-refractivity contribution in [2.24, 2.45) is 10.9 Å². The normalized spacial score (nSPS) is 14.8. The lowest BCUT2D eigenvalue weighted by Crippen LogP contribution is -2.44. The monoisotopic (exact) mass is 458 g/mol. The zero-order valence-corrected chi connectivity index (χ0v) is 18.0. The Labute approximate surface area is 168 Å². The Bertz CT molecular complexity index is 564. The molecule has 1 aliphatic heterocycles. The van der Waals surface area contributed by atoms with Gasteiger partial charge in [-0.2, -0.15) is 0 Å². The molecule has 0 saturated carbocycles. The molecule has 1 aliphatic rings. The molecule has 0 saturated heterocycles. The molecule has 1 aromatic rings. The van der Waals surface area contributed by atoms with Crippen LogP contribution >= 0.6 is 24.0 Å². The molecule has 1 atom stereocenters. The first-order valence-electron chi connectivity index (χ1n) is 8.83. The van der Waals surface area contributed by atoms with Gasteiger partial charge in [0.1, 0.15) is 0 Å². The summed E-state index contributed by atoms with van der Waals surface area (Å²) in [6.07, 6.45) is 1.38. The number of halogens is 1. The molecule has 1 amide bonds. The van der Waals surface area contributed by atoms with Gasteiger partial charge in [-0.3, -0.25) is 9.79 Å². The maximum Gasteiger partial charge on any atom is 0.223 e. The zero-order valence-electron chi connectivity index (χ0n) is 15.7. The minimum Gasteiger partial charge on any atom is -0.356 e. The molecule has 2 rings (SSSR count). The Kier molecular flexibility index (Phi) is 9.24. The Hall–Kier alpha value is -1.31. The minimum absolute atomic E-state index is 0. The first-order valence-corrected chi connectivity index (χ1v) is 8.83. The third-order valence-electron chi connectivity index (χ3n) is 4.64. The first kappa shape index (κ1) is 21.7. The van der Waals surface area contributed by atoms with Gasteiger partial charge in [0.15, 0.2) is 5.96 Å². The van der Waals surface area contributed by atoms with Crippen molar-refractivity contribution in [1.29, 1.82) is 0 Å². The number of fused-ring (bicyclic) bond motifs is 1. The van der Waals surface area contributed by atoms with Crippen molar-refractivity contribution in [3.05, 3.63) is 35.4 Å². The van der Waals surface area contributed by atoms with Gasteiger partial charge >= 0.3 is 0 Å². The Morgan fingerprint density at radius 1 is 1.20 bits per heavy atom. The number of carbonyl (C=O) groups excluding carboxylic acids is 1. The predicted octanol–water partition coefficient (Wildman–Crippen LogP) is 3.14. The Balaban J connectivity index is 0.00000312. The summed E-state index contributed by atoms with van der Waals surface area (Å²) in [6.45, 7) is 8.74. The quantitative estimate of drug-likeness (QED) is 0.298. The van der Waals surface area contributed by atoms with E-state index >= 15 is 0 Å². The highest BCUT2D eigenvalue weighted by Crippen LogP contribution is 2.22. The van der Waals surface area contributed by atoms with E-state index in [4.69, 9.17) is 0 Å². The van der Waals surface area contributed by atoms with Gasteiger partial charge in [-0.25, -0.2) is 0 Å². The molecule has 0 aliphatic carbocycles. The fraction of sp³-hybridized carbons (Fsp3) is 0.579. The van der Waals surface area contributed by atoms with Gasteiger partial charge in [0.25, 0.3) is 0 Å². The van der Waals surface area contributed by atoms with Crippen LogP contribution < -0.4 is 10.6 Å². The molecule has 5 nitrogen and oxygen atoms in total. The molecule has 6 heteroatoms. The van der Waals surface area contributed by atoms with E-state index in [0.29, 0.717) is 18.4 Å². The van der Waals surface area contributed by atoms with Crippen LogP contribution in [0.15, 0.2) is 29.3 Å². The van der Waals surface area contributed by atoms with Crippen LogP contribution in [-0.4, -0.2) is 36.4 Å². The van der Waals surface area contributed by atoms with Crippen LogP contribution in [0.5, 0.6) is 0 Å². The predicted molar refractivity (Wildman–Crippen MR) is 114 cm³/mol.